The van der Waals surface area contributed by atoms with Gasteiger partial charge in [0, 0.05) is 22.9 Å². The first-order valence-corrected chi connectivity index (χ1v) is 10.7. The van der Waals surface area contributed by atoms with Crippen molar-refractivity contribution in [3.05, 3.63) is 57.9 Å². The Morgan fingerprint density at radius 3 is 2.36 bits per heavy atom. The molecule has 0 saturated carbocycles. The predicted octanol–water partition coefficient (Wildman–Crippen LogP) is 4.27. The molecule has 6 nitrogen and oxygen atoms in total. The lowest BCUT2D eigenvalue weighted by Crippen LogP contribution is -2.43. The summed E-state index contributed by atoms with van der Waals surface area (Å²) in [7, 11) is 1.19. The number of hydrogen-bond donors (Lipinski definition) is 1. The molecule has 0 amide bonds. The van der Waals surface area contributed by atoms with Crippen molar-refractivity contribution < 1.29 is 37.0 Å². The number of ketones is 1. The maximum atomic E-state index is 13.5. The number of carbonyl (C=O) groups excluding carboxylic acids is 3. The minimum absolute atomic E-state index is 0.133. The number of allylic oxidation sites excluding steroid dienone is 3. The van der Waals surface area contributed by atoms with Gasteiger partial charge < -0.3 is 14.8 Å². The Labute approximate surface area is 189 Å². The number of nitrogens with one attached hydrogen (secondary N) is 1. The lowest BCUT2D eigenvalue weighted by molar-refractivity contribution is -0.151. The first-order valence-electron chi connectivity index (χ1n) is 10.7. The van der Waals surface area contributed by atoms with Gasteiger partial charge in [0.1, 0.15) is 5.92 Å². The zero-order valence-electron chi connectivity index (χ0n) is 18.8. The number of esters is 2. The Kier molecular flexibility index (Phi) is 7.00. The van der Waals surface area contributed by atoms with Gasteiger partial charge in [0.2, 0.25) is 0 Å². The molecular formula is C24H26F3NO5. The second-order valence-corrected chi connectivity index (χ2v) is 8.29. The van der Waals surface area contributed by atoms with Crippen molar-refractivity contribution in [1.82, 2.24) is 5.32 Å². The third-order valence-corrected chi connectivity index (χ3v) is 5.97. The number of alkyl halides is 3. The van der Waals surface area contributed by atoms with Gasteiger partial charge in [0.15, 0.2) is 5.78 Å². The van der Waals surface area contributed by atoms with Gasteiger partial charge in [-0.25, -0.2) is 4.79 Å². The molecule has 1 heterocycles. The second kappa shape index (κ2) is 9.41. The molecule has 1 aliphatic heterocycles. The van der Waals surface area contributed by atoms with Crippen molar-refractivity contribution in [2.45, 2.75) is 45.7 Å². The van der Waals surface area contributed by atoms with Crippen molar-refractivity contribution in [2.75, 3.05) is 13.7 Å². The fraction of sp³-hybridized carbons (Fsp3) is 0.458. The van der Waals surface area contributed by atoms with E-state index in [4.69, 9.17) is 9.47 Å². The summed E-state index contributed by atoms with van der Waals surface area (Å²) in [6.07, 6.45) is -3.62. The zero-order valence-corrected chi connectivity index (χ0v) is 18.8. The lowest BCUT2D eigenvalue weighted by Gasteiger charge is -2.38. The Hall–Kier alpha value is -3.10. The van der Waals surface area contributed by atoms with Crippen molar-refractivity contribution in [3.63, 3.8) is 0 Å². The number of halogens is 3. The van der Waals surface area contributed by atoms with E-state index in [-0.39, 0.29) is 23.7 Å². The second-order valence-electron chi connectivity index (χ2n) is 8.29. The summed E-state index contributed by atoms with van der Waals surface area (Å²) in [5.41, 5.74) is 0.789. The smallest absolute Gasteiger partial charge is 0.416 e. The highest BCUT2D eigenvalue weighted by atomic mass is 19.4. The van der Waals surface area contributed by atoms with Gasteiger partial charge in [0.05, 0.1) is 24.9 Å². The molecular weight excluding hydrogens is 439 g/mol. The van der Waals surface area contributed by atoms with E-state index < -0.39 is 41.3 Å². The molecule has 9 heteroatoms. The van der Waals surface area contributed by atoms with Crippen LogP contribution < -0.4 is 5.32 Å². The number of benzene rings is 1. The van der Waals surface area contributed by atoms with Crippen molar-refractivity contribution in [1.29, 1.82) is 0 Å². The number of methoxy groups -OCH3 is 1. The molecule has 0 aromatic heterocycles. The van der Waals surface area contributed by atoms with E-state index in [0.29, 0.717) is 29.8 Å². The number of ether oxygens (including phenoxy) is 2. The minimum Gasteiger partial charge on any atom is -0.468 e. The van der Waals surface area contributed by atoms with Crippen molar-refractivity contribution in [2.24, 2.45) is 11.8 Å². The summed E-state index contributed by atoms with van der Waals surface area (Å²) in [5, 5.41) is 3.10. The lowest BCUT2D eigenvalue weighted by atomic mass is 9.69. The van der Waals surface area contributed by atoms with E-state index in [9.17, 15) is 27.6 Å². The summed E-state index contributed by atoms with van der Waals surface area (Å²) < 4.78 is 49.5. The minimum atomic E-state index is -4.53. The van der Waals surface area contributed by atoms with Crippen LogP contribution in [0.2, 0.25) is 0 Å². The summed E-state index contributed by atoms with van der Waals surface area (Å²) in [4.78, 5) is 38.9. The number of carbonyl (C=O) groups is 3. The number of hydrogen-bond acceptors (Lipinski definition) is 6. The largest absolute Gasteiger partial charge is 0.468 e. The quantitative estimate of drug-likeness (QED) is 0.517. The Balaban J connectivity index is 2.16. The Bertz CT molecular complexity index is 1020. The number of dihydropyridines is 1. The molecule has 3 rings (SSSR count). The SMILES string of the molecule is CCCOC(=O)C1=C(C)NC2=C(C(=O)[C@@H](C(=O)OC)[C@H](C)C2)[C@H]1c1ccc(C(F)(F)F)cc1. The molecule has 0 saturated heterocycles. The van der Waals surface area contributed by atoms with Crippen LogP contribution in [0.3, 0.4) is 0 Å². The fourth-order valence-electron chi connectivity index (χ4n) is 4.42. The van der Waals surface area contributed by atoms with E-state index in [1.807, 2.05) is 6.92 Å². The Morgan fingerprint density at radius 2 is 1.82 bits per heavy atom. The standard InChI is InChI=1S/C24H26F3NO5/c1-5-10-33-23(31)18-13(3)28-16-11-12(2)17(22(30)32-4)21(29)20(16)19(18)14-6-8-15(9-7-14)24(25,26)27/h6-9,12,17,19,28H,5,10-11H2,1-4H3/t12-,17+,19+/m1/s1. The van der Waals surface area contributed by atoms with Gasteiger partial charge in [-0.2, -0.15) is 13.2 Å². The molecule has 0 unspecified atom stereocenters. The van der Waals surface area contributed by atoms with Crippen LogP contribution >= 0.6 is 0 Å². The molecule has 33 heavy (non-hydrogen) atoms. The highest BCUT2D eigenvalue weighted by Crippen LogP contribution is 2.45. The van der Waals surface area contributed by atoms with Crippen LogP contribution in [0.5, 0.6) is 0 Å². The number of rotatable bonds is 5. The van der Waals surface area contributed by atoms with Crippen LogP contribution in [-0.4, -0.2) is 31.4 Å². The highest BCUT2D eigenvalue weighted by molar-refractivity contribution is 6.12. The average molecular weight is 465 g/mol. The maximum Gasteiger partial charge on any atom is 0.416 e. The van der Waals surface area contributed by atoms with Crippen LogP contribution in [0, 0.1) is 11.8 Å². The van der Waals surface area contributed by atoms with E-state index in [1.54, 1.807) is 13.8 Å². The molecule has 1 N–H and O–H groups in total. The van der Waals surface area contributed by atoms with Crippen LogP contribution in [0.15, 0.2) is 46.8 Å². The molecule has 2 aliphatic rings. The normalized spacial score (nSPS) is 23.1. The molecule has 0 bridgehead atoms. The van der Waals surface area contributed by atoms with E-state index in [2.05, 4.69) is 5.32 Å². The van der Waals surface area contributed by atoms with E-state index >= 15 is 0 Å². The first kappa shape index (κ1) is 24.5. The van der Waals surface area contributed by atoms with Crippen LogP contribution in [0.1, 0.15) is 50.7 Å². The van der Waals surface area contributed by atoms with Gasteiger partial charge in [-0.05, 0) is 43.4 Å². The third kappa shape index (κ3) is 4.67. The molecule has 0 spiro atoms. The molecule has 3 atom stereocenters. The third-order valence-electron chi connectivity index (χ3n) is 5.97. The summed E-state index contributed by atoms with van der Waals surface area (Å²) in [6.45, 7) is 5.39. The Morgan fingerprint density at radius 1 is 1.18 bits per heavy atom. The molecule has 178 valence electrons. The van der Waals surface area contributed by atoms with Crippen molar-refractivity contribution in [3.8, 4) is 0 Å². The highest BCUT2D eigenvalue weighted by Gasteiger charge is 2.47. The summed E-state index contributed by atoms with van der Waals surface area (Å²) in [6, 6.07) is 4.33. The fourth-order valence-corrected chi connectivity index (χ4v) is 4.42. The number of Topliss-reactive ketones (excluding diaryl/α,β-unsaturated/α-hetero) is 1. The molecule has 1 aromatic carbocycles. The zero-order chi connectivity index (χ0) is 24.5. The van der Waals surface area contributed by atoms with Gasteiger partial charge >= 0.3 is 18.1 Å². The van der Waals surface area contributed by atoms with Crippen molar-refractivity contribution >= 4 is 17.7 Å². The molecule has 1 aliphatic carbocycles. The monoisotopic (exact) mass is 465 g/mol. The van der Waals surface area contributed by atoms with E-state index in [1.165, 1.54) is 19.2 Å². The predicted molar refractivity (Wildman–Crippen MR) is 113 cm³/mol. The van der Waals surface area contributed by atoms with E-state index in [0.717, 1.165) is 12.1 Å². The average Bonchev–Trinajstić information content (AvgIpc) is 2.75. The summed E-state index contributed by atoms with van der Waals surface area (Å²) >= 11 is 0. The van der Waals surface area contributed by atoms with Crippen LogP contribution in [0.25, 0.3) is 0 Å². The molecule has 1 aromatic rings. The topological polar surface area (TPSA) is 81.7 Å². The summed E-state index contributed by atoms with van der Waals surface area (Å²) in [5.74, 6) is -4.27. The van der Waals surface area contributed by atoms with Gasteiger partial charge in [-0.3, -0.25) is 9.59 Å². The van der Waals surface area contributed by atoms with Gasteiger partial charge in [-0.1, -0.05) is 26.0 Å². The van der Waals surface area contributed by atoms with Gasteiger partial charge in [-0.15, -0.1) is 0 Å². The van der Waals surface area contributed by atoms with Crippen LogP contribution in [-0.2, 0) is 30.0 Å². The molecule has 0 fully saturated rings. The van der Waals surface area contributed by atoms with Gasteiger partial charge in [0.25, 0.3) is 0 Å². The first-order chi connectivity index (χ1) is 15.5. The maximum absolute atomic E-state index is 13.5. The van der Waals surface area contributed by atoms with Crippen LogP contribution in [0.4, 0.5) is 13.2 Å². The molecule has 0 radical (unpaired) electrons.